The molecule has 1 aliphatic rings. The number of benzene rings is 1. The zero-order valence-corrected chi connectivity index (χ0v) is 15.3. The molecule has 1 aromatic carbocycles. The molecule has 3 heterocycles. The Balaban J connectivity index is 1.69. The second kappa shape index (κ2) is 8.04. The van der Waals surface area contributed by atoms with E-state index in [0.717, 1.165) is 41.2 Å². The Hall–Kier alpha value is -3.14. The lowest BCUT2D eigenvalue weighted by molar-refractivity contribution is 0.245. The van der Waals surface area contributed by atoms with Gasteiger partial charge in [-0.2, -0.15) is 0 Å². The number of hydrogen-bond donors (Lipinski definition) is 0. The fraction of sp³-hybridized carbons (Fsp3) is 0.217. The molecule has 0 N–H and O–H groups in total. The van der Waals surface area contributed by atoms with Crippen molar-refractivity contribution in [3.05, 3.63) is 96.6 Å². The van der Waals surface area contributed by atoms with Crippen molar-refractivity contribution in [3.63, 3.8) is 0 Å². The molecule has 136 valence electrons. The highest BCUT2D eigenvalue weighted by Crippen LogP contribution is 2.34. The van der Waals surface area contributed by atoms with Crippen LogP contribution in [0.5, 0.6) is 5.75 Å². The fourth-order valence-corrected chi connectivity index (χ4v) is 3.48. The molecule has 4 nitrogen and oxygen atoms in total. The van der Waals surface area contributed by atoms with Gasteiger partial charge >= 0.3 is 0 Å². The van der Waals surface area contributed by atoms with Gasteiger partial charge in [0.25, 0.3) is 0 Å². The summed E-state index contributed by atoms with van der Waals surface area (Å²) in [4.78, 5) is 10.9. The number of ether oxygens (including phenoxy) is 1. The molecular formula is C23H23N3O. The topological polar surface area (TPSA) is 38.3 Å². The van der Waals surface area contributed by atoms with Crippen LogP contribution in [0.4, 0.5) is 0 Å². The zero-order valence-electron chi connectivity index (χ0n) is 15.3. The van der Waals surface area contributed by atoms with Crippen LogP contribution in [0.3, 0.4) is 0 Å². The summed E-state index contributed by atoms with van der Waals surface area (Å²) in [6, 6.07) is 16.0. The van der Waals surface area contributed by atoms with E-state index in [1.54, 1.807) is 12.4 Å². The van der Waals surface area contributed by atoms with Gasteiger partial charge in [-0.15, -0.1) is 0 Å². The third kappa shape index (κ3) is 3.85. The van der Waals surface area contributed by atoms with Gasteiger partial charge in [0.2, 0.25) is 0 Å². The number of rotatable bonds is 6. The van der Waals surface area contributed by atoms with E-state index >= 15 is 0 Å². The van der Waals surface area contributed by atoms with Crippen LogP contribution >= 0.6 is 0 Å². The highest BCUT2D eigenvalue weighted by molar-refractivity contribution is 5.67. The smallest absolute Gasteiger partial charge is 0.152 e. The van der Waals surface area contributed by atoms with Crippen molar-refractivity contribution in [1.29, 1.82) is 0 Å². The van der Waals surface area contributed by atoms with Crippen molar-refractivity contribution < 1.29 is 4.74 Å². The minimum absolute atomic E-state index is 0.278. The number of hydrogen-bond acceptors (Lipinski definition) is 4. The molecule has 3 aromatic rings. The summed E-state index contributed by atoms with van der Waals surface area (Å²) in [6.07, 6.45) is 9.39. The van der Waals surface area contributed by atoms with Crippen molar-refractivity contribution in [2.45, 2.75) is 18.9 Å². The predicted molar refractivity (Wildman–Crippen MR) is 107 cm³/mol. The minimum Gasteiger partial charge on any atom is -0.480 e. The maximum atomic E-state index is 6.53. The van der Waals surface area contributed by atoms with Gasteiger partial charge in [-0.1, -0.05) is 30.8 Å². The Morgan fingerprint density at radius 1 is 0.889 bits per heavy atom. The van der Waals surface area contributed by atoms with Gasteiger partial charge in [-0.05, 0) is 37.1 Å². The van der Waals surface area contributed by atoms with Crippen LogP contribution < -0.4 is 4.74 Å². The molecule has 2 aromatic heterocycles. The lowest BCUT2D eigenvalue weighted by atomic mass is 10.0. The molecular weight excluding hydrogens is 334 g/mol. The molecule has 0 amide bonds. The number of nitrogens with zero attached hydrogens (tertiary/aromatic N) is 3. The summed E-state index contributed by atoms with van der Waals surface area (Å²) < 4.78 is 6.53. The first-order valence-corrected chi connectivity index (χ1v) is 9.32. The summed E-state index contributed by atoms with van der Waals surface area (Å²) in [5.41, 5.74) is 4.05. The number of likely N-dealkylation sites (tertiary alicyclic amines) is 1. The molecule has 0 atom stereocenters. The zero-order chi connectivity index (χ0) is 18.5. The van der Waals surface area contributed by atoms with Crippen LogP contribution in [-0.2, 0) is 0 Å². The first-order valence-electron chi connectivity index (χ1n) is 9.32. The van der Waals surface area contributed by atoms with E-state index < -0.39 is 0 Å². The Bertz CT molecular complexity index is 850. The maximum Gasteiger partial charge on any atom is 0.152 e. The number of aromatic nitrogens is 2. The van der Waals surface area contributed by atoms with Gasteiger partial charge in [0, 0.05) is 60.3 Å². The van der Waals surface area contributed by atoms with Gasteiger partial charge < -0.3 is 9.64 Å². The predicted octanol–water partition coefficient (Wildman–Crippen LogP) is 4.71. The quantitative estimate of drug-likeness (QED) is 0.640. The Labute approximate surface area is 160 Å². The summed E-state index contributed by atoms with van der Waals surface area (Å²) in [6.45, 7) is 6.46. The molecule has 4 rings (SSSR count). The average molecular weight is 357 g/mol. The average Bonchev–Trinajstić information content (AvgIpc) is 3.28. The van der Waals surface area contributed by atoms with Gasteiger partial charge in [0.05, 0.1) is 0 Å². The summed E-state index contributed by atoms with van der Waals surface area (Å²) in [5, 5.41) is 0. The van der Waals surface area contributed by atoms with Crippen molar-refractivity contribution >= 4 is 5.70 Å². The molecule has 1 fully saturated rings. The van der Waals surface area contributed by atoms with Crippen LogP contribution in [0.15, 0.2) is 79.9 Å². The third-order valence-corrected chi connectivity index (χ3v) is 4.90. The Kier molecular flexibility index (Phi) is 5.15. The van der Waals surface area contributed by atoms with Crippen LogP contribution in [0, 0.1) is 0 Å². The monoisotopic (exact) mass is 357 g/mol. The molecule has 27 heavy (non-hydrogen) atoms. The van der Waals surface area contributed by atoms with E-state index in [9.17, 15) is 0 Å². The number of pyridine rings is 2. The first kappa shape index (κ1) is 17.3. The molecule has 0 unspecified atom stereocenters. The molecule has 0 aliphatic carbocycles. The highest BCUT2D eigenvalue weighted by atomic mass is 16.5. The Morgan fingerprint density at radius 3 is 2.11 bits per heavy atom. The maximum absolute atomic E-state index is 6.53. The fourth-order valence-electron chi connectivity index (χ4n) is 3.48. The largest absolute Gasteiger partial charge is 0.480 e. The van der Waals surface area contributed by atoms with Gasteiger partial charge in [-0.3, -0.25) is 9.97 Å². The van der Waals surface area contributed by atoms with E-state index in [4.69, 9.17) is 4.74 Å². The van der Waals surface area contributed by atoms with E-state index in [2.05, 4.69) is 27.5 Å². The molecule has 0 bridgehead atoms. The SMILES string of the molecule is C=C(c1ccccc1OC(c1cccnc1)c1cccnc1)N1CCCC1. The molecule has 0 radical (unpaired) electrons. The highest BCUT2D eigenvalue weighted by Gasteiger charge is 2.21. The normalized spacial score (nSPS) is 13.7. The molecule has 0 saturated carbocycles. The first-order chi connectivity index (χ1) is 13.3. The molecule has 1 aliphatic heterocycles. The van der Waals surface area contributed by atoms with E-state index in [1.165, 1.54) is 12.8 Å². The summed E-state index contributed by atoms with van der Waals surface area (Å²) in [5.74, 6) is 0.826. The standard InChI is InChI=1S/C23H23N3O/c1-18(26-14-4-5-15-26)21-10-2-3-11-22(21)27-23(19-8-6-12-24-16-19)20-9-7-13-25-17-20/h2-3,6-13,16-17,23H,1,4-5,14-15H2. The van der Waals surface area contributed by atoms with Crippen LogP contribution in [0.25, 0.3) is 5.70 Å². The van der Waals surface area contributed by atoms with Crippen molar-refractivity contribution in [2.75, 3.05) is 13.1 Å². The van der Waals surface area contributed by atoms with Gasteiger partial charge in [-0.25, -0.2) is 0 Å². The van der Waals surface area contributed by atoms with Crippen molar-refractivity contribution in [3.8, 4) is 5.75 Å². The minimum atomic E-state index is -0.278. The molecule has 4 heteroatoms. The van der Waals surface area contributed by atoms with E-state index in [1.807, 2.05) is 54.9 Å². The van der Waals surface area contributed by atoms with Crippen molar-refractivity contribution in [1.82, 2.24) is 14.9 Å². The lowest BCUT2D eigenvalue weighted by Crippen LogP contribution is -2.18. The lowest BCUT2D eigenvalue weighted by Gasteiger charge is -2.25. The Morgan fingerprint density at radius 2 is 1.52 bits per heavy atom. The number of para-hydroxylation sites is 1. The van der Waals surface area contributed by atoms with Gasteiger partial charge in [0.15, 0.2) is 6.10 Å². The van der Waals surface area contributed by atoms with Crippen LogP contribution in [-0.4, -0.2) is 28.0 Å². The second-order valence-corrected chi connectivity index (χ2v) is 6.71. The van der Waals surface area contributed by atoms with Crippen molar-refractivity contribution in [2.24, 2.45) is 0 Å². The summed E-state index contributed by atoms with van der Waals surface area (Å²) >= 11 is 0. The van der Waals surface area contributed by atoms with E-state index in [-0.39, 0.29) is 6.10 Å². The second-order valence-electron chi connectivity index (χ2n) is 6.71. The van der Waals surface area contributed by atoms with E-state index in [0.29, 0.717) is 0 Å². The molecule has 0 spiro atoms. The van der Waals surface area contributed by atoms with Crippen LogP contribution in [0.1, 0.15) is 35.6 Å². The van der Waals surface area contributed by atoms with Gasteiger partial charge in [0.1, 0.15) is 5.75 Å². The summed E-state index contributed by atoms with van der Waals surface area (Å²) in [7, 11) is 0. The third-order valence-electron chi connectivity index (χ3n) is 4.90. The van der Waals surface area contributed by atoms with Crippen LogP contribution in [0.2, 0.25) is 0 Å². The molecule has 1 saturated heterocycles.